The van der Waals surface area contributed by atoms with E-state index in [-0.39, 0.29) is 6.61 Å². The van der Waals surface area contributed by atoms with Gasteiger partial charge in [-0.1, -0.05) is 0 Å². The Bertz CT molecular complexity index is 370. The van der Waals surface area contributed by atoms with Crippen molar-refractivity contribution in [3.63, 3.8) is 0 Å². The van der Waals surface area contributed by atoms with Crippen molar-refractivity contribution in [2.45, 2.75) is 24.5 Å². The van der Waals surface area contributed by atoms with Crippen LogP contribution in [0.1, 0.15) is 0 Å². The Labute approximate surface area is 91.8 Å². The molecule has 4 atom stereocenters. The molecule has 0 amide bonds. The molecule has 0 spiro atoms. The maximum atomic E-state index is 9.81. The van der Waals surface area contributed by atoms with Crippen molar-refractivity contribution < 1.29 is 19.7 Å². The predicted octanol–water partition coefficient (Wildman–Crippen LogP) is -2.06. The highest BCUT2D eigenvalue weighted by molar-refractivity contribution is 5.95. The Morgan fingerprint density at radius 3 is 3.06 bits per heavy atom. The Balaban J connectivity index is 1.93. The summed E-state index contributed by atoms with van der Waals surface area (Å²) in [7, 11) is 0. The molecular weight excluding hydrogens is 214 g/mol. The van der Waals surface area contributed by atoms with Crippen molar-refractivity contribution in [1.82, 2.24) is 4.90 Å². The second-order valence-corrected chi connectivity index (χ2v) is 4.05. The monoisotopic (exact) mass is 227 g/mol. The van der Waals surface area contributed by atoms with Gasteiger partial charge < -0.3 is 30.3 Å². The first kappa shape index (κ1) is 9.88. The smallest absolute Gasteiger partial charge is 0.177 e. The van der Waals surface area contributed by atoms with Crippen molar-refractivity contribution >= 4 is 5.84 Å². The fourth-order valence-electron chi connectivity index (χ4n) is 2.07. The molecule has 1 fully saturated rings. The third kappa shape index (κ3) is 1.29. The van der Waals surface area contributed by atoms with Crippen LogP contribution < -0.4 is 5.73 Å². The van der Waals surface area contributed by atoms with E-state index < -0.39 is 24.5 Å². The summed E-state index contributed by atoms with van der Waals surface area (Å²) in [6.45, 7) is 0.449. The third-order valence-electron chi connectivity index (χ3n) is 3.01. The fraction of sp³-hybridized carbons (Fsp3) is 0.667. The minimum absolute atomic E-state index is 0.157. The first-order valence-corrected chi connectivity index (χ1v) is 5.09. The van der Waals surface area contributed by atoms with Crippen molar-refractivity contribution in [3.8, 4) is 0 Å². The molecule has 4 N–H and O–H groups in total. The van der Waals surface area contributed by atoms with E-state index in [1.54, 1.807) is 11.1 Å². The topological polar surface area (TPSA) is 101 Å². The zero-order valence-corrected chi connectivity index (χ0v) is 8.48. The summed E-state index contributed by atoms with van der Waals surface area (Å²) in [5, 5.41) is 19.5. The average molecular weight is 227 g/mol. The minimum Gasteiger partial charge on any atom is -0.485 e. The van der Waals surface area contributed by atoms with Gasteiger partial charge in [0.25, 0.3) is 0 Å². The number of aliphatic hydroxyl groups excluding tert-OH is 2. The van der Waals surface area contributed by atoms with E-state index in [0.29, 0.717) is 18.3 Å². The van der Waals surface area contributed by atoms with Crippen LogP contribution in [0.25, 0.3) is 0 Å². The molecule has 7 nitrogen and oxygen atoms in total. The summed E-state index contributed by atoms with van der Waals surface area (Å²) >= 11 is 0. The molecule has 0 aromatic carbocycles. The second-order valence-electron chi connectivity index (χ2n) is 4.05. The highest BCUT2D eigenvalue weighted by atomic mass is 16.6. The second kappa shape index (κ2) is 3.34. The van der Waals surface area contributed by atoms with E-state index in [4.69, 9.17) is 15.2 Å². The molecule has 3 rings (SSSR count). The number of nitrogens with two attached hydrogens (primary N) is 1. The molecule has 0 aromatic rings. The lowest BCUT2D eigenvalue weighted by atomic mass is 10.1. The van der Waals surface area contributed by atoms with Crippen LogP contribution in [0, 0.1) is 0 Å². The number of nitrogens with zero attached hydrogens (tertiary/aromatic N) is 2. The van der Waals surface area contributed by atoms with Crippen LogP contribution in [0.4, 0.5) is 0 Å². The van der Waals surface area contributed by atoms with Crippen molar-refractivity contribution in [3.05, 3.63) is 12.0 Å². The summed E-state index contributed by atoms with van der Waals surface area (Å²) in [5.41, 5.74) is 5.65. The lowest BCUT2D eigenvalue weighted by molar-refractivity contribution is -0.0921. The van der Waals surface area contributed by atoms with Gasteiger partial charge in [-0.3, -0.25) is 0 Å². The molecule has 88 valence electrons. The van der Waals surface area contributed by atoms with Crippen molar-refractivity contribution in [1.29, 1.82) is 0 Å². The van der Waals surface area contributed by atoms with Crippen LogP contribution in [0.2, 0.25) is 0 Å². The largest absolute Gasteiger partial charge is 0.485 e. The Morgan fingerprint density at radius 1 is 1.44 bits per heavy atom. The van der Waals surface area contributed by atoms with Gasteiger partial charge in [0.05, 0.1) is 0 Å². The molecule has 16 heavy (non-hydrogen) atoms. The van der Waals surface area contributed by atoms with E-state index in [1.165, 1.54) is 0 Å². The maximum Gasteiger partial charge on any atom is 0.177 e. The molecule has 3 heterocycles. The minimum atomic E-state index is -0.960. The van der Waals surface area contributed by atoms with Crippen molar-refractivity contribution in [2.75, 3.05) is 13.3 Å². The first-order valence-electron chi connectivity index (χ1n) is 5.09. The maximum absolute atomic E-state index is 9.81. The molecule has 1 saturated heterocycles. The molecule has 0 aromatic heterocycles. The van der Waals surface area contributed by atoms with E-state index in [9.17, 15) is 10.2 Å². The SMILES string of the molecule is NC1=NCN2C=C1OC[C@H]1OC2[C@H](O)[C@@H]1O. The summed E-state index contributed by atoms with van der Waals surface area (Å²) in [6, 6.07) is 0. The molecule has 7 heteroatoms. The number of hydrogen-bond donors (Lipinski definition) is 3. The van der Waals surface area contributed by atoms with Crippen LogP contribution in [0.15, 0.2) is 17.0 Å². The summed E-state index contributed by atoms with van der Waals surface area (Å²) in [5.74, 6) is 0.798. The standard InChI is InChI=1S/C9H13N3O4/c10-8-4-1-12(3-11-8)9-7(14)6(13)5(16-9)2-15-4/h1,5-7,9,13-14H,2-3H2,(H2,10,11)/t5-,6-,7-,9?/m1/s1. The normalized spacial score (nSPS) is 41.8. The quantitative estimate of drug-likeness (QED) is 0.440. The average Bonchev–Trinajstić information content (AvgIpc) is 2.54. The lowest BCUT2D eigenvalue weighted by Crippen LogP contribution is -2.44. The molecular formula is C9H13N3O4. The molecule has 3 aliphatic heterocycles. The van der Waals surface area contributed by atoms with Crippen LogP contribution in [0.5, 0.6) is 0 Å². The van der Waals surface area contributed by atoms with Crippen molar-refractivity contribution in [2.24, 2.45) is 10.7 Å². The molecule has 0 saturated carbocycles. The van der Waals surface area contributed by atoms with Crippen LogP contribution in [-0.4, -0.2) is 58.8 Å². The summed E-state index contributed by atoms with van der Waals surface area (Å²) in [6.07, 6.45) is -1.36. The summed E-state index contributed by atoms with van der Waals surface area (Å²) < 4.78 is 10.9. The zero-order chi connectivity index (χ0) is 11.3. The molecule has 0 radical (unpaired) electrons. The van der Waals surface area contributed by atoms with Gasteiger partial charge in [-0.15, -0.1) is 0 Å². The number of aliphatic imine (C=N–C) groups is 1. The van der Waals surface area contributed by atoms with Gasteiger partial charge in [-0.2, -0.15) is 0 Å². The van der Waals surface area contributed by atoms with Gasteiger partial charge in [0.2, 0.25) is 0 Å². The lowest BCUT2D eigenvalue weighted by Gasteiger charge is -2.32. The molecule has 0 aliphatic carbocycles. The van der Waals surface area contributed by atoms with Gasteiger partial charge in [-0.25, -0.2) is 4.99 Å². The van der Waals surface area contributed by atoms with Crippen LogP contribution in [0.3, 0.4) is 0 Å². The molecule has 3 aliphatic rings. The Morgan fingerprint density at radius 2 is 2.25 bits per heavy atom. The summed E-state index contributed by atoms with van der Waals surface area (Å²) in [4.78, 5) is 5.71. The number of rotatable bonds is 0. The zero-order valence-electron chi connectivity index (χ0n) is 8.48. The highest BCUT2D eigenvalue weighted by Crippen LogP contribution is 2.28. The number of fused-ring (bicyclic) bond motifs is 4. The van der Waals surface area contributed by atoms with E-state index in [0.717, 1.165) is 0 Å². The Hall–Kier alpha value is -1.31. The van der Waals surface area contributed by atoms with Gasteiger partial charge in [-0.05, 0) is 0 Å². The fourth-order valence-corrected chi connectivity index (χ4v) is 2.07. The van der Waals surface area contributed by atoms with E-state index in [1.807, 2.05) is 0 Å². The van der Waals surface area contributed by atoms with Gasteiger partial charge in [0.15, 0.2) is 17.8 Å². The Kier molecular flexibility index (Phi) is 2.06. The van der Waals surface area contributed by atoms with Crippen LogP contribution >= 0.6 is 0 Å². The number of hydrogen-bond acceptors (Lipinski definition) is 7. The van der Waals surface area contributed by atoms with E-state index >= 15 is 0 Å². The van der Waals surface area contributed by atoms with Crippen LogP contribution in [-0.2, 0) is 9.47 Å². The van der Waals surface area contributed by atoms with Gasteiger partial charge in [0, 0.05) is 6.20 Å². The predicted molar refractivity (Wildman–Crippen MR) is 53.0 cm³/mol. The highest BCUT2D eigenvalue weighted by Gasteiger charge is 2.47. The molecule has 4 bridgehead atoms. The molecule has 1 unspecified atom stereocenters. The van der Waals surface area contributed by atoms with Gasteiger partial charge in [0.1, 0.15) is 31.6 Å². The van der Waals surface area contributed by atoms with Gasteiger partial charge >= 0.3 is 0 Å². The third-order valence-corrected chi connectivity index (χ3v) is 3.01. The number of amidine groups is 1. The van der Waals surface area contributed by atoms with E-state index in [2.05, 4.69) is 4.99 Å². The number of aliphatic hydroxyl groups is 2. The first-order chi connectivity index (χ1) is 7.66. The number of ether oxygens (including phenoxy) is 2.